The van der Waals surface area contributed by atoms with Gasteiger partial charge in [-0.1, -0.05) is 0 Å². The van der Waals surface area contributed by atoms with Crippen LogP contribution in [0.25, 0.3) is 0 Å². The van der Waals surface area contributed by atoms with E-state index in [0.717, 1.165) is 4.90 Å². The van der Waals surface area contributed by atoms with Crippen LogP contribution >= 0.6 is 0 Å². The smallest absolute Gasteiger partial charge is 0.317 e. The summed E-state index contributed by atoms with van der Waals surface area (Å²) in [6.45, 7) is -1.26. The second kappa shape index (κ2) is 6.30. The average Bonchev–Trinajstić information content (AvgIpc) is 2.01. The molecule has 7 nitrogen and oxygen atoms in total. The van der Waals surface area contributed by atoms with Crippen LogP contribution in [0.15, 0.2) is 0 Å². The Labute approximate surface area is 80.7 Å². The van der Waals surface area contributed by atoms with Crippen LogP contribution < -0.4 is 5.73 Å². The molecular formula is C7H14N2O5. The van der Waals surface area contributed by atoms with Gasteiger partial charge in [0.05, 0.1) is 25.8 Å². The summed E-state index contributed by atoms with van der Waals surface area (Å²) in [5, 5.41) is 26.0. The van der Waals surface area contributed by atoms with Crippen molar-refractivity contribution in [2.75, 3.05) is 26.2 Å². The molecule has 0 aromatic carbocycles. The van der Waals surface area contributed by atoms with Crippen molar-refractivity contribution < 1.29 is 24.9 Å². The van der Waals surface area contributed by atoms with Crippen molar-refractivity contribution in [2.24, 2.45) is 5.73 Å². The van der Waals surface area contributed by atoms with Crippen LogP contribution in [0.4, 0.5) is 0 Å². The molecule has 5 N–H and O–H groups in total. The number of rotatable bonds is 7. The van der Waals surface area contributed by atoms with Crippen LogP contribution in [0.5, 0.6) is 0 Å². The molecule has 0 heterocycles. The fourth-order valence-electron chi connectivity index (χ4n) is 0.952. The predicted molar refractivity (Wildman–Crippen MR) is 46.4 cm³/mol. The molecule has 0 aliphatic carbocycles. The van der Waals surface area contributed by atoms with Crippen molar-refractivity contribution in [3.05, 3.63) is 0 Å². The molecule has 1 atom stereocenters. The highest BCUT2D eigenvalue weighted by atomic mass is 16.4. The summed E-state index contributed by atoms with van der Waals surface area (Å²) < 4.78 is 0. The number of aliphatic carboxylic acids is 1. The third kappa shape index (κ3) is 6.35. The van der Waals surface area contributed by atoms with E-state index < -0.39 is 31.1 Å². The van der Waals surface area contributed by atoms with Gasteiger partial charge in [0.2, 0.25) is 5.91 Å². The quantitative estimate of drug-likeness (QED) is 0.357. The molecule has 0 rings (SSSR count). The van der Waals surface area contributed by atoms with E-state index in [1.807, 2.05) is 0 Å². The number of amides is 1. The van der Waals surface area contributed by atoms with E-state index in [1.54, 1.807) is 0 Å². The number of nitrogens with two attached hydrogens (primary N) is 1. The van der Waals surface area contributed by atoms with E-state index in [0.29, 0.717) is 0 Å². The number of nitrogens with zero attached hydrogens (tertiary/aromatic N) is 1. The minimum absolute atomic E-state index is 0.105. The summed E-state index contributed by atoms with van der Waals surface area (Å²) in [4.78, 5) is 22.0. The molecule has 7 heteroatoms. The maximum Gasteiger partial charge on any atom is 0.317 e. The molecular weight excluding hydrogens is 192 g/mol. The maximum absolute atomic E-state index is 10.5. The van der Waals surface area contributed by atoms with Crippen LogP contribution in [0.2, 0.25) is 0 Å². The lowest BCUT2D eigenvalue weighted by molar-refractivity contribution is -0.139. The SMILES string of the molecule is NC(=O)CN(CC(=O)O)CC(O)CO. The molecule has 1 amide bonds. The highest BCUT2D eigenvalue weighted by molar-refractivity contribution is 5.77. The third-order valence-electron chi connectivity index (χ3n) is 1.42. The molecule has 0 saturated carbocycles. The van der Waals surface area contributed by atoms with Crippen LogP contribution in [0.1, 0.15) is 0 Å². The molecule has 0 bridgehead atoms. The lowest BCUT2D eigenvalue weighted by Crippen LogP contribution is -2.42. The van der Waals surface area contributed by atoms with Crippen LogP contribution in [-0.2, 0) is 9.59 Å². The first-order chi connectivity index (χ1) is 6.45. The van der Waals surface area contributed by atoms with Gasteiger partial charge in [-0.15, -0.1) is 0 Å². The van der Waals surface area contributed by atoms with Crippen molar-refractivity contribution in [3.8, 4) is 0 Å². The van der Waals surface area contributed by atoms with E-state index in [9.17, 15) is 9.59 Å². The number of hydrogen-bond donors (Lipinski definition) is 4. The standard InChI is InChI=1S/C7H14N2O5/c8-6(12)2-9(3-7(13)14)1-5(11)4-10/h5,10-11H,1-4H2,(H2,8,12)(H,13,14). The molecule has 0 aromatic heterocycles. The van der Waals surface area contributed by atoms with Crippen molar-refractivity contribution in [1.29, 1.82) is 0 Å². The number of aliphatic hydroxyl groups is 2. The zero-order chi connectivity index (χ0) is 11.1. The van der Waals surface area contributed by atoms with Crippen molar-refractivity contribution in [3.63, 3.8) is 0 Å². The van der Waals surface area contributed by atoms with Crippen LogP contribution in [0, 0.1) is 0 Å². The number of carbonyl (C=O) groups is 2. The fourth-order valence-corrected chi connectivity index (χ4v) is 0.952. The van der Waals surface area contributed by atoms with Crippen LogP contribution in [0.3, 0.4) is 0 Å². The summed E-state index contributed by atoms with van der Waals surface area (Å²) in [5.74, 6) is -1.81. The Morgan fingerprint density at radius 2 is 1.93 bits per heavy atom. The molecule has 0 fully saturated rings. The summed E-state index contributed by atoms with van der Waals surface area (Å²) in [7, 11) is 0. The molecule has 0 radical (unpaired) electrons. The second-order valence-corrected chi connectivity index (χ2v) is 2.87. The van der Waals surface area contributed by atoms with Gasteiger partial charge in [0.1, 0.15) is 0 Å². The average molecular weight is 206 g/mol. The number of aliphatic hydroxyl groups excluding tert-OH is 2. The zero-order valence-corrected chi connectivity index (χ0v) is 7.59. The largest absolute Gasteiger partial charge is 0.480 e. The second-order valence-electron chi connectivity index (χ2n) is 2.87. The number of primary amides is 1. The molecule has 1 unspecified atom stereocenters. The number of carboxylic acids is 1. The minimum atomic E-state index is -1.13. The Kier molecular flexibility index (Phi) is 5.77. The number of carbonyl (C=O) groups excluding carboxylic acids is 1. The van der Waals surface area contributed by atoms with Gasteiger partial charge >= 0.3 is 5.97 Å². The first-order valence-electron chi connectivity index (χ1n) is 3.97. The van der Waals surface area contributed by atoms with E-state index in [-0.39, 0.29) is 13.1 Å². The first kappa shape index (κ1) is 12.8. The van der Waals surface area contributed by atoms with Gasteiger partial charge in [-0.2, -0.15) is 0 Å². The molecule has 0 aliphatic heterocycles. The van der Waals surface area contributed by atoms with Crippen molar-refractivity contribution in [2.45, 2.75) is 6.10 Å². The van der Waals surface area contributed by atoms with E-state index in [1.165, 1.54) is 0 Å². The summed E-state index contributed by atoms with van der Waals surface area (Å²) in [6, 6.07) is 0. The molecule has 0 spiro atoms. The minimum Gasteiger partial charge on any atom is -0.480 e. The number of hydrogen-bond acceptors (Lipinski definition) is 5. The number of carboxylic acid groups (broad SMARTS) is 1. The van der Waals surface area contributed by atoms with E-state index in [2.05, 4.69) is 0 Å². The van der Waals surface area contributed by atoms with Gasteiger partial charge in [-0.3, -0.25) is 14.5 Å². The normalized spacial score (nSPS) is 12.8. The van der Waals surface area contributed by atoms with Gasteiger partial charge in [-0.05, 0) is 0 Å². The Morgan fingerprint density at radius 1 is 1.36 bits per heavy atom. The summed E-state index contributed by atoms with van der Waals surface area (Å²) in [6.07, 6.45) is -1.08. The van der Waals surface area contributed by atoms with Gasteiger partial charge in [0.25, 0.3) is 0 Å². The molecule has 0 aliphatic rings. The Morgan fingerprint density at radius 3 is 2.29 bits per heavy atom. The zero-order valence-electron chi connectivity index (χ0n) is 7.59. The van der Waals surface area contributed by atoms with Crippen molar-refractivity contribution in [1.82, 2.24) is 4.90 Å². The van der Waals surface area contributed by atoms with Crippen molar-refractivity contribution >= 4 is 11.9 Å². The molecule has 0 saturated heterocycles. The van der Waals surface area contributed by atoms with Gasteiger partial charge in [-0.25, -0.2) is 0 Å². The lowest BCUT2D eigenvalue weighted by atomic mass is 10.3. The monoisotopic (exact) mass is 206 g/mol. The highest BCUT2D eigenvalue weighted by Gasteiger charge is 2.15. The fraction of sp³-hybridized carbons (Fsp3) is 0.714. The van der Waals surface area contributed by atoms with Gasteiger partial charge in [0, 0.05) is 6.54 Å². The molecule has 0 aromatic rings. The van der Waals surface area contributed by atoms with Crippen LogP contribution in [-0.4, -0.2) is 64.4 Å². The Hall–Kier alpha value is -1.18. The summed E-state index contributed by atoms with van der Waals surface area (Å²) >= 11 is 0. The third-order valence-corrected chi connectivity index (χ3v) is 1.42. The maximum atomic E-state index is 10.5. The Bertz CT molecular complexity index is 192. The lowest BCUT2D eigenvalue weighted by Gasteiger charge is -2.20. The first-order valence-corrected chi connectivity index (χ1v) is 3.97. The predicted octanol–water partition coefficient (Wildman–Crippen LogP) is -2.79. The Balaban J connectivity index is 4.09. The summed E-state index contributed by atoms with van der Waals surface area (Å²) in [5.41, 5.74) is 4.87. The van der Waals surface area contributed by atoms with Gasteiger partial charge < -0.3 is 21.1 Å². The van der Waals surface area contributed by atoms with E-state index >= 15 is 0 Å². The molecule has 14 heavy (non-hydrogen) atoms. The highest BCUT2D eigenvalue weighted by Crippen LogP contribution is 1.92. The topological polar surface area (TPSA) is 124 Å². The van der Waals surface area contributed by atoms with Gasteiger partial charge in [0.15, 0.2) is 0 Å². The molecule has 82 valence electrons. The van der Waals surface area contributed by atoms with E-state index in [4.69, 9.17) is 21.1 Å².